The Labute approximate surface area is 125 Å². The molecule has 1 unspecified atom stereocenters. The Bertz CT molecular complexity index is 565. The van der Waals surface area contributed by atoms with E-state index in [2.05, 4.69) is 41.9 Å². The maximum Gasteiger partial charge on any atom is 0.123 e. The molecule has 0 aliphatic rings. The number of ether oxygens (including phenoxy) is 1. The highest BCUT2D eigenvalue weighted by Gasteiger charge is 2.20. The first-order valence-electron chi connectivity index (χ1n) is 5.57. The SMILES string of the molecule is COc1ccc(C)cc1C(Cl)c1sc(C)cc1Br. The summed E-state index contributed by atoms with van der Waals surface area (Å²) >= 11 is 11.9. The Morgan fingerprint density at radius 1 is 1.28 bits per heavy atom. The van der Waals surface area contributed by atoms with Gasteiger partial charge in [0.25, 0.3) is 0 Å². The highest BCUT2D eigenvalue weighted by atomic mass is 79.9. The van der Waals surface area contributed by atoms with Crippen LogP contribution in [-0.2, 0) is 0 Å². The van der Waals surface area contributed by atoms with Crippen molar-refractivity contribution in [1.29, 1.82) is 0 Å². The molecule has 2 aromatic rings. The standard InChI is InChI=1S/C14H14BrClOS/c1-8-4-5-12(17-3)10(6-8)13(16)14-11(15)7-9(2)18-14/h4-7,13H,1-3H3. The van der Waals surface area contributed by atoms with Crippen LogP contribution in [0.1, 0.15) is 26.3 Å². The van der Waals surface area contributed by atoms with Crippen LogP contribution in [-0.4, -0.2) is 7.11 Å². The molecule has 4 heteroatoms. The lowest BCUT2D eigenvalue weighted by Crippen LogP contribution is -1.97. The third-order valence-electron chi connectivity index (χ3n) is 2.72. The predicted molar refractivity (Wildman–Crippen MR) is 82.2 cm³/mol. The highest BCUT2D eigenvalue weighted by molar-refractivity contribution is 9.10. The molecule has 0 N–H and O–H groups in total. The van der Waals surface area contributed by atoms with Crippen LogP contribution >= 0.6 is 38.9 Å². The summed E-state index contributed by atoms with van der Waals surface area (Å²) < 4.78 is 6.46. The largest absolute Gasteiger partial charge is 0.496 e. The van der Waals surface area contributed by atoms with E-state index < -0.39 is 0 Å². The van der Waals surface area contributed by atoms with E-state index in [1.54, 1.807) is 18.4 Å². The molecule has 1 atom stereocenters. The molecular formula is C14H14BrClOS. The van der Waals surface area contributed by atoms with Gasteiger partial charge in [-0.1, -0.05) is 17.7 Å². The number of alkyl halides is 1. The van der Waals surface area contributed by atoms with E-state index in [-0.39, 0.29) is 5.38 Å². The van der Waals surface area contributed by atoms with Crippen molar-refractivity contribution in [3.05, 3.63) is 49.6 Å². The number of hydrogen-bond acceptors (Lipinski definition) is 2. The van der Waals surface area contributed by atoms with Crippen molar-refractivity contribution in [1.82, 2.24) is 0 Å². The second-order valence-electron chi connectivity index (χ2n) is 4.18. The van der Waals surface area contributed by atoms with Gasteiger partial charge in [0.05, 0.1) is 12.5 Å². The van der Waals surface area contributed by atoms with Gasteiger partial charge in [0, 0.05) is 19.8 Å². The molecule has 18 heavy (non-hydrogen) atoms. The Morgan fingerprint density at radius 2 is 2.00 bits per heavy atom. The van der Waals surface area contributed by atoms with Crippen molar-refractivity contribution in [3.63, 3.8) is 0 Å². The molecule has 1 nitrogen and oxygen atoms in total. The molecule has 1 aromatic carbocycles. The van der Waals surface area contributed by atoms with Crippen molar-refractivity contribution in [3.8, 4) is 5.75 Å². The minimum Gasteiger partial charge on any atom is -0.496 e. The first kappa shape index (κ1) is 13.9. The number of rotatable bonds is 3. The maximum atomic E-state index is 6.61. The van der Waals surface area contributed by atoms with Gasteiger partial charge in [-0.2, -0.15) is 0 Å². The minimum absolute atomic E-state index is 0.187. The molecule has 0 saturated carbocycles. The average Bonchev–Trinajstić information content (AvgIpc) is 2.67. The topological polar surface area (TPSA) is 9.23 Å². The van der Waals surface area contributed by atoms with Crippen LogP contribution < -0.4 is 4.74 Å². The van der Waals surface area contributed by atoms with E-state index in [1.807, 2.05) is 12.1 Å². The average molecular weight is 346 g/mol. The first-order chi connectivity index (χ1) is 8.52. The van der Waals surface area contributed by atoms with Crippen LogP contribution in [0.4, 0.5) is 0 Å². The van der Waals surface area contributed by atoms with Crippen LogP contribution in [0.25, 0.3) is 0 Å². The highest BCUT2D eigenvalue weighted by Crippen LogP contribution is 2.42. The smallest absolute Gasteiger partial charge is 0.123 e. The molecule has 0 amide bonds. The lowest BCUT2D eigenvalue weighted by molar-refractivity contribution is 0.410. The van der Waals surface area contributed by atoms with Crippen molar-refractivity contribution in [2.45, 2.75) is 19.2 Å². The zero-order valence-electron chi connectivity index (χ0n) is 10.5. The zero-order chi connectivity index (χ0) is 13.3. The van der Waals surface area contributed by atoms with Gasteiger partial charge in [0.2, 0.25) is 0 Å². The van der Waals surface area contributed by atoms with Gasteiger partial charge in [-0.25, -0.2) is 0 Å². The number of methoxy groups -OCH3 is 1. The van der Waals surface area contributed by atoms with Crippen LogP contribution in [0.2, 0.25) is 0 Å². The summed E-state index contributed by atoms with van der Waals surface area (Å²) in [6.45, 7) is 4.14. The Balaban J connectivity index is 2.48. The number of halogens is 2. The van der Waals surface area contributed by atoms with E-state index in [1.165, 1.54) is 10.4 Å². The molecule has 0 aliphatic carbocycles. The van der Waals surface area contributed by atoms with Crippen molar-refractivity contribution in [2.24, 2.45) is 0 Å². The van der Waals surface area contributed by atoms with E-state index >= 15 is 0 Å². The van der Waals surface area contributed by atoms with Crippen molar-refractivity contribution in [2.75, 3.05) is 7.11 Å². The second kappa shape index (κ2) is 5.64. The van der Waals surface area contributed by atoms with E-state index in [0.29, 0.717) is 0 Å². The summed E-state index contributed by atoms with van der Waals surface area (Å²) in [5.74, 6) is 0.832. The molecule has 0 fully saturated rings. The molecule has 2 rings (SSSR count). The first-order valence-corrected chi connectivity index (χ1v) is 7.62. The third kappa shape index (κ3) is 2.73. The molecule has 1 heterocycles. The van der Waals surface area contributed by atoms with Gasteiger partial charge in [0.15, 0.2) is 0 Å². The number of benzene rings is 1. The molecule has 0 bridgehead atoms. The summed E-state index contributed by atoms with van der Waals surface area (Å²) in [6.07, 6.45) is 0. The van der Waals surface area contributed by atoms with Crippen molar-refractivity contribution < 1.29 is 4.74 Å². The summed E-state index contributed by atoms with van der Waals surface area (Å²) in [5.41, 5.74) is 2.20. The molecule has 0 spiro atoms. The Kier molecular flexibility index (Phi) is 4.36. The minimum atomic E-state index is -0.187. The molecule has 1 aromatic heterocycles. The zero-order valence-corrected chi connectivity index (χ0v) is 13.6. The summed E-state index contributed by atoms with van der Waals surface area (Å²) in [6, 6.07) is 8.17. The van der Waals surface area contributed by atoms with Gasteiger partial charge in [-0.15, -0.1) is 22.9 Å². The fourth-order valence-electron chi connectivity index (χ4n) is 1.87. The fraction of sp³-hybridized carbons (Fsp3) is 0.286. The number of aryl methyl sites for hydroxylation is 2. The third-order valence-corrected chi connectivity index (χ3v) is 5.34. The summed E-state index contributed by atoms with van der Waals surface area (Å²) in [7, 11) is 1.67. The van der Waals surface area contributed by atoms with Gasteiger partial charge in [0.1, 0.15) is 5.75 Å². The molecule has 0 radical (unpaired) electrons. The normalized spacial score (nSPS) is 12.5. The van der Waals surface area contributed by atoms with Crippen LogP contribution in [0, 0.1) is 13.8 Å². The molecule has 0 saturated heterocycles. The fourth-order valence-corrected chi connectivity index (χ4v) is 4.30. The maximum absolute atomic E-state index is 6.61. The predicted octanol–water partition coefficient (Wildman–Crippen LogP) is 5.46. The van der Waals surface area contributed by atoms with E-state index in [9.17, 15) is 0 Å². The Morgan fingerprint density at radius 3 is 2.56 bits per heavy atom. The summed E-state index contributed by atoms with van der Waals surface area (Å²) in [4.78, 5) is 2.37. The number of hydrogen-bond donors (Lipinski definition) is 0. The number of thiophene rings is 1. The van der Waals surface area contributed by atoms with E-state index in [4.69, 9.17) is 16.3 Å². The molecular weight excluding hydrogens is 332 g/mol. The second-order valence-corrected chi connectivity index (χ2v) is 6.76. The quantitative estimate of drug-likeness (QED) is 0.671. The summed E-state index contributed by atoms with van der Waals surface area (Å²) in [5, 5.41) is -0.187. The van der Waals surface area contributed by atoms with Gasteiger partial charge in [-0.05, 0) is 41.9 Å². The lowest BCUT2D eigenvalue weighted by atomic mass is 10.1. The van der Waals surface area contributed by atoms with Crippen LogP contribution in [0.5, 0.6) is 5.75 Å². The van der Waals surface area contributed by atoms with Crippen LogP contribution in [0.15, 0.2) is 28.7 Å². The van der Waals surface area contributed by atoms with Gasteiger partial charge >= 0.3 is 0 Å². The van der Waals surface area contributed by atoms with E-state index in [0.717, 1.165) is 20.7 Å². The van der Waals surface area contributed by atoms with Gasteiger partial charge in [-0.3, -0.25) is 0 Å². The monoisotopic (exact) mass is 344 g/mol. The Hall–Kier alpha value is -0.510. The van der Waals surface area contributed by atoms with Gasteiger partial charge < -0.3 is 4.74 Å². The van der Waals surface area contributed by atoms with Crippen molar-refractivity contribution >= 4 is 38.9 Å². The van der Waals surface area contributed by atoms with Crippen LogP contribution in [0.3, 0.4) is 0 Å². The molecule has 96 valence electrons. The lowest BCUT2D eigenvalue weighted by Gasteiger charge is -2.14. The molecule has 0 aliphatic heterocycles.